The van der Waals surface area contributed by atoms with Crippen LogP contribution in [0.15, 0.2) is 28.7 Å². The van der Waals surface area contributed by atoms with Crippen molar-refractivity contribution in [2.75, 3.05) is 5.32 Å². The predicted molar refractivity (Wildman–Crippen MR) is 88.2 cm³/mol. The molecule has 20 heavy (non-hydrogen) atoms. The maximum absolute atomic E-state index is 6.16. The lowest BCUT2D eigenvalue weighted by Crippen LogP contribution is -2.16. The van der Waals surface area contributed by atoms with Gasteiger partial charge in [0.2, 0.25) is 0 Å². The van der Waals surface area contributed by atoms with Gasteiger partial charge < -0.3 is 5.32 Å². The quantitative estimate of drug-likeness (QED) is 0.696. The van der Waals surface area contributed by atoms with Crippen LogP contribution in [0.5, 0.6) is 0 Å². The van der Waals surface area contributed by atoms with Crippen molar-refractivity contribution >= 4 is 50.6 Å². The van der Waals surface area contributed by atoms with Crippen LogP contribution in [0, 0.1) is 0 Å². The summed E-state index contributed by atoms with van der Waals surface area (Å²) in [6.45, 7) is 6.11. The van der Waals surface area contributed by atoms with Gasteiger partial charge in [0, 0.05) is 16.0 Å². The Morgan fingerprint density at radius 3 is 2.45 bits per heavy atom. The summed E-state index contributed by atoms with van der Waals surface area (Å²) in [7, 11) is 0. The zero-order valence-electron chi connectivity index (χ0n) is 11.3. The third kappa shape index (κ3) is 3.84. The maximum atomic E-state index is 6.16. The monoisotopic (exact) mass is 373 g/mol. The van der Waals surface area contributed by atoms with E-state index in [1.54, 1.807) is 12.1 Å². The Morgan fingerprint density at radius 2 is 1.80 bits per heavy atom. The van der Waals surface area contributed by atoms with E-state index in [0.717, 1.165) is 10.2 Å². The van der Waals surface area contributed by atoms with E-state index < -0.39 is 0 Å². The fraction of sp³-hybridized carbons (Fsp3) is 0.286. The molecule has 0 aliphatic rings. The molecule has 1 aromatic heterocycles. The molecule has 0 bridgehead atoms. The second-order valence-electron chi connectivity index (χ2n) is 5.40. The van der Waals surface area contributed by atoms with E-state index in [0.29, 0.717) is 21.8 Å². The first-order chi connectivity index (χ1) is 9.25. The Morgan fingerprint density at radius 1 is 1.10 bits per heavy atom. The van der Waals surface area contributed by atoms with Crippen molar-refractivity contribution in [1.82, 2.24) is 9.97 Å². The number of nitrogens with one attached hydrogen (secondary N) is 1. The molecule has 0 amide bonds. The Balaban J connectivity index is 2.39. The zero-order chi connectivity index (χ0) is 14.9. The van der Waals surface area contributed by atoms with Crippen molar-refractivity contribution < 1.29 is 0 Å². The molecule has 0 saturated carbocycles. The van der Waals surface area contributed by atoms with Crippen LogP contribution in [-0.4, -0.2) is 9.97 Å². The Labute approximate surface area is 136 Å². The lowest BCUT2D eigenvalue weighted by Gasteiger charge is -2.18. The lowest BCUT2D eigenvalue weighted by molar-refractivity contribution is 0.546. The molecule has 106 valence electrons. The number of nitrogens with zero attached hydrogens (tertiary/aromatic N) is 2. The van der Waals surface area contributed by atoms with E-state index in [9.17, 15) is 0 Å². The molecule has 1 N–H and O–H groups in total. The molecule has 0 radical (unpaired) electrons. The number of halogens is 3. The van der Waals surface area contributed by atoms with E-state index in [1.165, 1.54) is 0 Å². The number of anilines is 2. The van der Waals surface area contributed by atoms with Gasteiger partial charge in [-0.15, -0.1) is 0 Å². The minimum atomic E-state index is -0.178. The van der Waals surface area contributed by atoms with Crippen molar-refractivity contribution in [3.05, 3.63) is 44.7 Å². The average molecular weight is 375 g/mol. The average Bonchev–Trinajstić information content (AvgIpc) is 2.32. The van der Waals surface area contributed by atoms with Gasteiger partial charge in [0.15, 0.2) is 0 Å². The summed E-state index contributed by atoms with van der Waals surface area (Å²) in [5.41, 5.74) is 0.582. The summed E-state index contributed by atoms with van der Waals surface area (Å²) in [4.78, 5) is 8.75. The molecule has 3 nitrogen and oxygen atoms in total. The summed E-state index contributed by atoms with van der Waals surface area (Å²) in [5.74, 6) is 1.30. The highest BCUT2D eigenvalue weighted by Gasteiger charge is 2.19. The predicted octanol–water partition coefficient (Wildman–Crippen LogP) is 5.59. The molecule has 0 unspecified atom stereocenters. The van der Waals surface area contributed by atoms with Crippen LogP contribution in [0.3, 0.4) is 0 Å². The van der Waals surface area contributed by atoms with Gasteiger partial charge in [-0.2, -0.15) is 0 Å². The van der Waals surface area contributed by atoms with E-state index in [4.69, 9.17) is 23.2 Å². The van der Waals surface area contributed by atoms with E-state index in [-0.39, 0.29) is 5.41 Å². The molecule has 0 spiro atoms. The first-order valence-electron chi connectivity index (χ1n) is 6.03. The highest BCUT2D eigenvalue weighted by Crippen LogP contribution is 2.29. The van der Waals surface area contributed by atoms with Gasteiger partial charge in [-0.3, -0.25) is 0 Å². The maximum Gasteiger partial charge on any atom is 0.137 e. The van der Waals surface area contributed by atoms with Crippen LogP contribution in [-0.2, 0) is 5.41 Å². The molecule has 2 rings (SSSR count). The van der Waals surface area contributed by atoms with Crippen molar-refractivity contribution in [1.29, 1.82) is 0 Å². The molecule has 0 aliphatic carbocycles. The summed E-state index contributed by atoms with van der Waals surface area (Å²) < 4.78 is 0.931. The molecule has 1 heterocycles. The molecule has 6 heteroatoms. The van der Waals surface area contributed by atoms with Gasteiger partial charge >= 0.3 is 0 Å². The number of hydrogen-bond donors (Lipinski definition) is 1. The summed E-state index contributed by atoms with van der Waals surface area (Å²) in [6.07, 6.45) is 0. The summed E-state index contributed by atoms with van der Waals surface area (Å²) in [6, 6.07) is 7.24. The molecule has 2 aromatic rings. The molecule has 1 aromatic carbocycles. The smallest absolute Gasteiger partial charge is 0.137 e. The SMILES string of the molecule is CC(C)(C)c1nc(Cl)cc(Nc2cc(Br)ccc2Cl)n1. The van der Waals surface area contributed by atoms with Gasteiger partial charge in [-0.25, -0.2) is 9.97 Å². The Hall–Kier alpha value is -0.840. The van der Waals surface area contributed by atoms with Gasteiger partial charge in [0.1, 0.15) is 16.8 Å². The van der Waals surface area contributed by atoms with Gasteiger partial charge in [-0.05, 0) is 18.2 Å². The van der Waals surface area contributed by atoms with Crippen molar-refractivity contribution in [2.45, 2.75) is 26.2 Å². The topological polar surface area (TPSA) is 37.8 Å². The highest BCUT2D eigenvalue weighted by atomic mass is 79.9. The van der Waals surface area contributed by atoms with Gasteiger partial charge in [-0.1, -0.05) is 59.9 Å². The number of hydrogen-bond acceptors (Lipinski definition) is 3. The van der Waals surface area contributed by atoms with E-state index in [1.807, 2.05) is 32.9 Å². The highest BCUT2D eigenvalue weighted by molar-refractivity contribution is 9.10. The summed E-state index contributed by atoms with van der Waals surface area (Å²) >= 11 is 15.6. The Bertz CT molecular complexity index is 639. The normalized spacial score (nSPS) is 11.5. The first-order valence-corrected chi connectivity index (χ1v) is 7.58. The van der Waals surface area contributed by atoms with Crippen molar-refractivity contribution in [3.8, 4) is 0 Å². The van der Waals surface area contributed by atoms with Crippen LogP contribution in [0.1, 0.15) is 26.6 Å². The molecule has 0 saturated heterocycles. The molecule has 0 atom stereocenters. The van der Waals surface area contributed by atoms with Crippen LogP contribution in [0.25, 0.3) is 0 Å². The van der Waals surface area contributed by atoms with Crippen molar-refractivity contribution in [2.24, 2.45) is 0 Å². The first kappa shape index (κ1) is 15.5. The Kier molecular flexibility index (Phi) is 4.57. The second-order valence-corrected chi connectivity index (χ2v) is 7.11. The zero-order valence-corrected chi connectivity index (χ0v) is 14.4. The largest absolute Gasteiger partial charge is 0.339 e. The van der Waals surface area contributed by atoms with Gasteiger partial charge in [0.25, 0.3) is 0 Å². The van der Waals surface area contributed by atoms with Crippen LogP contribution >= 0.6 is 39.1 Å². The number of benzene rings is 1. The van der Waals surface area contributed by atoms with Crippen LogP contribution < -0.4 is 5.32 Å². The standard InChI is InChI=1S/C14H14BrCl2N3/c1-14(2,3)13-19-11(17)7-12(20-13)18-10-6-8(15)4-5-9(10)16/h4-7H,1-3H3,(H,18,19,20). The third-order valence-corrected chi connectivity index (χ3v) is 3.57. The fourth-order valence-corrected chi connectivity index (χ4v) is 2.26. The minimum absolute atomic E-state index is 0.178. The molecular weight excluding hydrogens is 361 g/mol. The molecular formula is C14H14BrCl2N3. The van der Waals surface area contributed by atoms with E-state index in [2.05, 4.69) is 31.2 Å². The van der Waals surface area contributed by atoms with Crippen LogP contribution in [0.4, 0.5) is 11.5 Å². The third-order valence-electron chi connectivity index (χ3n) is 2.56. The second kappa shape index (κ2) is 5.88. The number of rotatable bonds is 2. The minimum Gasteiger partial charge on any atom is -0.339 e. The lowest BCUT2D eigenvalue weighted by atomic mass is 9.96. The van der Waals surface area contributed by atoms with Crippen LogP contribution in [0.2, 0.25) is 10.2 Å². The van der Waals surface area contributed by atoms with E-state index >= 15 is 0 Å². The molecule has 0 fully saturated rings. The number of aromatic nitrogens is 2. The van der Waals surface area contributed by atoms with Crippen molar-refractivity contribution in [3.63, 3.8) is 0 Å². The fourth-order valence-electron chi connectivity index (χ4n) is 1.55. The summed E-state index contributed by atoms with van der Waals surface area (Å²) in [5, 5.41) is 4.18. The van der Waals surface area contributed by atoms with Gasteiger partial charge in [0.05, 0.1) is 10.7 Å². The molecule has 0 aliphatic heterocycles.